The molecule has 3 nitrogen and oxygen atoms in total. The SMILES string of the molecule is CCCCOc1cccc(NCCNC(C)c2ccccc2)c1. The van der Waals surface area contributed by atoms with Gasteiger partial charge in [-0.3, -0.25) is 0 Å². The first-order valence-corrected chi connectivity index (χ1v) is 8.54. The molecule has 2 aromatic carbocycles. The Morgan fingerprint density at radius 3 is 2.61 bits per heavy atom. The lowest BCUT2D eigenvalue weighted by atomic mass is 10.1. The molecule has 0 saturated carbocycles. The molecule has 0 amide bonds. The highest BCUT2D eigenvalue weighted by Gasteiger charge is 2.03. The second-order valence-corrected chi connectivity index (χ2v) is 5.74. The third-order valence-corrected chi connectivity index (χ3v) is 3.80. The van der Waals surface area contributed by atoms with E-state index in [1.54, 1.807) is 0 Å². The molecule has 0 fully saturated rings. The molecule has 0 radical (unpaired) electrons. The predicted octanol–water partition coefficient (Wildman–Crippen LogP) is 4.63. The molecule has 3 heteroatoms. The van der Waals surface area contributed by atoms with Gasteiger partial charge < -0.3 is 15.4 Å². The van der Waals surface area contributed by atoms with Crippen LogP contribution in [0, 0.1) is 0 Å². The fraction of sp³-hybridized carbons (Fsp3) is 0.400. The molecule has 0 aliphatic heterocycles. The maximum absolute atomic E-state index is 5.73. The van der Waals surface area contributed by atoms with Crippen LogP contribution in [0.1, 0.15) is 38.3 Å². The number of anilines is 1. The van der Waals surface area contributed by atoms with Crippen LogP contribution in [0.15, 0.2) is 54.6 Å². The van der Waals surface area contributed by atoms with Gasteiger partial charge in [-0.15, -0.1) is 0 Å². The molecule has 124 valence electrons. The standard InChI is InChI=1S/C20H28N2O/c1-3-4-15-23-20-12-8-11-19(16-20)22-14-13-21-17(2)18-9-6-5-7-10-18/h5-12,16-17,21-22H,3-4,13-15H2,1-2H3. The molecule has 1 unspecified atom stereocenters. The van der Waals surface area contributed by atoms with Crippen molar-refractivity contribution >= 4 is 5.69 Å². The van der Waals surface area contributed by atoms with Crippen molar-refractivity contribution in [3.63, 3.8) is 0 Å². The average molecular weight is 312 g/mol. The van der Waals surface area contributed by atoms with Crippen LogP contribution in [-0.2, 0) is 0 Å². The van der Waals surface area contributed by atoms with Crippen LogP contribution in [0.5, 0.6) is 5.75 Å². The van der Waals surface area contributed by atoms with Gasteiger partial charge in [-0.2, -0.15) is 0 Å². The summed E-state index contributed by atoms with van der Waals surface area (Å²) < 4.78 is 5.73. The van der Waals surface area contributed by atoms with E-state index in [4.69, 9.17) is 4.74 Å². The third kappa shape index (κ3) is 6.33. The summed E-state index contributed by atoms with van der Waals surface area (Å²) >= 11 is 0. The molecule has 23 heavy (non-hydrogen) atoms. The Hall–Kier alpha value is -2.00. The fourth-order valence-corrected chi connectivity index (χ4v) is 2.39. The first kappa shape index (κ1) is 17.4. The fourth-order valence-electron chi connectivity index (χ4n) is 2.39. The highest BCUT2D eigenvalue weighted by atomic mass is 16.5. The zero-order valence-corrected chi connectivity index (χ0v) is 14.2. The van der Waals surface area contributed by atoms with E-state index >= 15 is 0 Å². The summed E-state index contributed by atoms with van der Waals surface area (Å²) in [4.78, 5) is 0. The largest absolute Gasteiger partial charge is 0.494 e. The first-order chi connectivity index (χ1) is 11.3. The van der Waals surface area contributed by atoms with Crippen LogP contribution in [0.4, 0.5) is 5.69 Å². The lowest BCUT2D eigenvalue weighted by Crippen LogP contribution is -2.25. The van der Waals surface area contributed by atoms with E-state index in [-0.39, 0.29) is 0 Å². The summed E-state index contributed by atoms with van der Waals surface area (Å²) in [5.41, 5.74) is 2.42. The molecule has 1 atom stereocenters. The van der Waals surface area contributed by atoms with E-state index in [9.17, 15) is 0 Å². The normalized spacial score (nSPS) is 11.9. The van der Waals surface area contributed by atoms with Crippen molar-refractivity contribution in [3.05, 3.63) is 60.2 Å². The lowest BCUT2D eigenvalue weighted by Gasteiger charge is -2.15. The molecule has 2 rings (SSSR count). The molecule has 0 aliphatic carbocycles. The highest BCUT2D eigenvalue weighted by Crippen LogP contribution is 2.17. The van der Waals surface area contributed by atoms with Gasteiger partial charge in [-0.05, 0) is 31.0 Å². The van der Waals surface area contributed by atoms with Crippen molar-refractivity contribution in [1.29, 1.82) is 0 Å². The van der Waals surface area contributed by atoms with Gasteiger partial charge in [0.25, 0.3) is 0 Å². The van der Waals surface area contributed by atoms with Gasteiger partial charge >= 0.3 is 0 Å². The summed E-state index contributed by atoms with van der Waals surface area (Å²) in [6, 6.07) is 19.1. The van der Waals surface area contributed by atoms with Crippen molar-refractivity contribution in [1.82, 2.24) is 5.32 Å². The maximum Gasteiger partial charge on any atom is 0.121 e. The van der Waals surface area contributed by atoms with Gasteiger partial charge in [0.2, 0.25) is 0 Å². The smallest absolute Gasteiger partial charge is 0.121 e. The Morgan fingerprint density at radius 2 is 1.83 bits per heavy atom. The maximum atomic E-state index is 5.73. The second-order valence-electron chi connectivity index (χ2n) is 5.74. The quantitative estimate of drug-likeness (QED) is 0.628. The topological polar surface area (TPSA) is 33.3 Å². The molecule has 0 spiro atoms. The molecule has 0 aromatic heterocycles. The summed E-state index contributed by atoms with van der Waals surface area (Å²) in [5, 5.41) is 6.97. The molecule has 2 aromatic rings. The number of unbranched alkanes of at least 4 members (excludes halogenated alkanes) is 1. The number of benzene rings is 2. The predicted molar refractivity (Wildman–Crippen MR) is 98.2 cm³/mol. The molecule has 0 saturated heterocycles. The zero-order chi connectivity index (χ0) is 16.3. The van der Waals surface area contributed by atoms with Crippen molar-refractivity contribution in [3.8, 4) is 5.75 Å². The van der Waals surface area contributed by atoms with Crippen molar-refractivity contribution < 1.29 is 4.74 Å². The van der Waals surface area contributed by atoms with E-state index in [1.165, 1.54) is 5.56 Å². The van der Waals surface area contributed by atoms with E-state index in [0.29, 0.717) is 6.04 Å². The van der Waals surface area contributed by atoms with Crippen molar-refractivity contribution in [2.24, 2.45) is 0 Å². The van der Waals surface area contributed by atoms with Crippen LogP contribution in [0.2, 0.25) is 0 Å². The average Bonchev–Trinajstić information content (AvgIpc) is 2.60. The number of hydrogen-bond acceptors (Lipinski definition) is 3. The molecule has 2 N–H and O–H groups in total. The first-order valence-electron chi connectivity index (χ1n) is 8.54. The Bertz CT molecular complexity index is 557. The number of ether oxygens (including phenoxy) is 1. The zero-order valence-electron chi connectivity index (χ0n) is 14.2. The summed E-state index contributed by atoms with van der Waals surface area (Å²) in [5.74, 6) is 0.939. The van der Waals surface area contributed by atoms with Crippen molar-refractivity contribution in [2.45, 2.75) is 32.7 Å². The van der Waals surface area contributed by atoms with Gasteiger partial charge in [0.05, 0.1) is 6.61 Å². The second kappa shape index (κ2) is 9.90. The van der Waals surface area contributed by atoms with Gasteiger partial charge in [0, 0.05) is 30.9 Å². The molecular weight excluding hydrogens is 284 g/mol. The lowest BCUT2D eigenvalue weighted by molar-refractivity contribution is 0.309. The minimum atomic E-state index is 0.363. The minimum absolute atomic E-state index is 0.363. The Kier molecular flexibility index (Phi) is 7.47. The van der Waals surface area contributed by atoms with E-state index < -0.39 is 0 Å². The third-order valence-electron chi connectivity index (χ3n) is 3.80. The Balaban J connectivity index is 1.70. The molecular formula is C20H28N2O. The molecule has 0 bridgehead atoms. The van der Waals surface area contributed by atoms with Gasteiger partial charge in [-0.25, -0.2) is 0 Å². The number of hydrogen-bond donors (Lipinski definition) is 2. The number of rotatable bonds is 10. The van der Waals surface area contributed by atoms with Crippen LogP contribution in [0.25, 0.3) is 0 Å². The van der Waals surface area contributed by atoms with Crippen LogP contribution < -0.4 is 15.4 Å². The monoisotopic (exact) mass is 312 g/mol. The van der Waals surface area contributed by atoms with E-state index in [0.717, 1.165) is 44.0 Å². The number of nitrogens with one attached hydrogen (secondary N) is 2. The minimum Gasteiger partial charge on any atom is -0.494 e. The Labute approximate surface area is 140 Å². The summed E-state index contributed by atoms with van der Waals surface area (Å²) in [6.45, 7) is 6.95. The van der Waals surface area contributed by atoms with Crippen LogP contribution in [0.3, 0.4) is 0 Å². The van der Waals surface area contributed by atoms with Crippen molar-refractivity contribution in [2.75, 3.05) is 25.0 Å². The highest BCUT2D eigenvalue weighted by molar-refractivity contribution is 5.48. The van der Waals surface area contributed by atoms with Gasteiger partial charge in [0.15, 0.2) is 0 Å². The van der Waals surface area contributed by atoms with Crippen LogP contribution in [-0.4, -0.2) is 19.7 Å². The van der Waals surface area contributed by atoms with Gasteiger partial charge in [0.1, 0.15) is 5.75 Å². The molecule has 0 aliphatic rings. The van der Waals surface area contributed by atoms with E-state index in [2.05, 4.69) is 60.9 Å². The Morgan fingerprint density at radius 1 is 1.00 bits per heavy atom. The summed E-state index contributed by atoms with van der Waals surface area (Å²) in [7, 11) is 0. The molecule has 0 heterocycles. The van der Waals surface area contributed by atoms with Gasteiger partial charge in [-0.1, -0.05) is 49.7 Å². The summed E-state index contributed by atoms with van der Waals surface area (Å²) in [6.07, 6.45) is 2.25. The van der Waals surface area contributed by atoms with Crippen LogP contribution >= 0.6 is 0 Å². The van der Waals surface area contributed by atoms with E-state index in [1.807, 2.05) is 18.2 Å².